The summed E-state index contributed by atoms with van der Waals surface area (Å²) in [6, 6.07) is 0. The summed E-state index contributed by atoms with van der Waals surface area (Å²) in [5, 5.41) is 0. The predicted octanol–water partition coefficient (Wildman–Crippen LogP) is 1.57. The summed E-state index contributed by atoms with van der Waals surface area (Å²) in [6.07, 6.45) is 3.88. The zero-order valence-electron chi connectivity index (χ0n) is 14.8. The van der Waals surface area contributed by atoms with Crippen LogP contribution in [0.25, 0.3) is 0 Å². The van der Waals surface area contributed by atoms with Crippen molar-refractivity contribution in [1.82, 2.24) is 9.80 Å². The molecule has 0 bridgehead atoms. The van der Waals surface area contributed by atoms with E-state index in [1.165, 1.54) is 0 Å². The molecule has 0 aromatic carbocycles. The van der Waals surface area contributed by atoms with Gasteiger partial charge in [-0.2, -0.15) is 0 Å². The van der Waals surface area contributed by atoms with Crippen LogP contribution >= 0.6 is 0 Å². The summed E-state index contributed by atoms with van der Waals surface area (Å²) in [5.74, 6) is -0.525. The Morgan fingerprint density at radius 3 is 2.27 bits per heavy atom. The van der Waals surface area contributed by atoms with Gasteiger partial charge in [-0.05, 0) is 33.5 Å². The monoisotopic (exact) mass is 329 g/mol. The molecule has 0 amide bonds. The molecule has 0 saturated carbocycles. The van der Waals surface area contributed by atoms with Gasteiger partial charge in [0, 0.05) is 32.6 Å². The van der Waals surface area contributed by atoms with Crippen molar-refractivity contribution in [2.24, 2.45) is 11.1 Å². The van der Waals surface area contributed by atoms with Crippen LogP contribution in [-0.4, -0.2) is 63.6 Å². The van der Waals surface area contributed by atoms with Crippen LogP contribution in [0.1, 0.15) is 13.8 Å². The summed E-state index contributed by atoms with van der Waals surface area (Å²) < 4.78 is 18.0. The molecular weight excluding hydrogens is 298 g/mol. The minimum Gasteiger partial charge on any atom is -0.417 e. The Kier molecular flexibility index (Phi) is 4.94. The number of hydrogen-bond donors (Lipinski definition) is 1. The molecule has 2 aliphatic rings. The maximum atomic E-state index is 6.21. The lowest BCUT2D eigenvalue weighted by Gasteiger charge is -2.46. The van der Waals surface area contributed by atoms with Crippen LogP contribution in [0, 0.1) is 5.41 Å². The van der Waals surface area contributed by atoms with Gasteiger partial charge in [0.2, 0.25) is 0 Å². The van der Waals surface area contributed by atoms with Crippen LogP contribution in [0.2, 0.25) is 19.6 Å². The van der Waals surface area contributed by atoms with Gasteiger partial charge < -0.3 is 23.7 Å². The van der Waals surface area contributed by atoms with Crippen molar-refractivity contribution >= 4 is 8.32 Å². The van der Waals surface area contributed by atoms with Crippen LogP contribution in [0.3, 0.4) is 0 Å². The molecule has 1 saturated heterocycles. The van der Waals surface area contributed by atoms with E-state index < -0.39 is 14.1 Å². The molecule has 2 rings (SSSR count). The Morgan fingerprint density at radius 1 is 1.23 bits per heavy atom. The molecule has 2 aliphatic heterocycles. The number of hydrogen-bond acceptors (Lipinski definition) is 6. The lowest BCUT2D eigenvalue weighted by atomic mass is 9.89. The van der Waals surface area contributed by atoms with E-state index in [9.17, 15) is 0 Å². The van der Waals surface area contributed by atoms with Gasteiger partial charge in [-0.3, -0.25) is 5.73 Å². The molecule has 22 heavy (non-hydrogen) atoms. The first-order chi connectivity index (χ1) is 10.0. The van der Waals surface area contributed by atoms with Gasteiger partial charge in [-0.1, -0.05) is 0 Å². The molecule has 2 heterocycles. The minimum absolute atomic E-state index is 0.140. The molecule has 0 radical (unpaired) electrons. The van der Waals surface area contributed by atoms with Gasteiger partial charge in [0.25, 0.3) is 0 Å². The highest BCUT2D eigenvalue weighted by molar-refractivity contribution is 6.69. The Labute approximate surface area is 135 Å². The van der Waals surface area contributed by atoms with Gasteiger partial charge in [0.1, 0.15) is 0 Å². The first-order valence-corrected chi connectivity index (χ1v) is 11.3. The van der Waals surface area contributed by atoms with E-state index in [2.05, 4.69) is 24.5 Å². The lowest BCUT2D eigenvalue weighted by molar-refractivity contribution is -0.291. The Bertz CT molecular complexity index is 413. The summed E-state index contributed by atoms with van der Waals surface area (Å²) in [4.78, 5) is 4.11. The first-order valence-electron chi connectivity index (χ1n) is 7.86. The van der Waals surface area contributed by atoms with E-state index >= 15 is 0 Å². The highest BCUT2D eigenvalue weighted by Gasteiger charge is 2.43. The van der Waals surface area contributed by atoms with Gasteiger partial charge in [0.05, 0.1) is 18.6 Å². The number of nitrogens with zero attached hydrogens (tertiary/aromatic N) is 2. The van der Waals surface area contributed by atoms with E-state index in [0.29, 0.717) is 19.8 Å². The number of rotatable bonds is 5. The van der Waals surface area contributed by atoms with Crippen molar-refractivity contribution in [3.05, 3.63) is 12.4 Å². The van der Waals surface area contributed by atoms with E-state index in [0.717, 1.165) is 6.54 Å². The van der Waals surface area contributed by atoms with E-state index in [4.69, 9.17) is 19.6 Å². The quantitative estimate of drug-likeness (QED) is 0.773. The van der Waals surface area contributed by atoms with Gasteiger partial charge in [-0.25, -0.2) is 0 Å². The van der Waals surface area contributed by atoms with Crippen LogP contribution in [0.4, 0.5) is 0 Å². The third-order valence-electron chi connectivity index (χ3n) is 4.03. The summed E-state index contributed by atoms with van der Waals surface area (Å²) in [6.45, 7) is 13.1. The van der Waals surface area contributed by atoms with E-state index in [1.54, 1.807) is 0 Å². The van der Waals surface area contributed by atoms with Crippen molar-refractivity contribution in [1.29, 1.82) is 0 Å². The molecule has 0 aromatic heterocycles. The standard InChI is InChI=1S/C15H31N3O3Si/c1-14(2)19-10-15(11-20-14,12-21-22(4,5)6)9-18-8-7-17(3)13(18)16/h7-8,13H,9-12,16H2,1-6H3. The lowest BCUT2D eigenvalue weighted by Crippen LogP contribution is -2.57. The van der Waals surface area contributed by atoms with Crippen molar-refractivity contribution in [3.8, 4) is 0 Å². The number of nitrogens with two attached hydrogens (primary N) is 1. The average Bonchev–Trinajstić information content (AvgIpc) is 2.71. The predicted molar refractivity (Wildman–Crippen MR) is 89.3 cm³/mol. The Hall–Kier alpha value is -0.603. The largest absolute Gasteiger partial charge is 0.417 e. The topological polar surface area (TPSA) is 60.2 Å². The highest BCUT2D eigenvalue weighted by atomic mass is 28.4. The second-order valence-corrected chi connectivity index (χ2v) is 12.4. The van der Waals surface area contributed by atoms with Crippen LogP contribution in [0.5, 0.6) is 0 Å². The molecule has 1 unspecified atom stereocenters. The average molecular weight is 330 g/mol. The van der Waals surface area contributed by atoms with Gasteiger partial charge >= 0.3 is 0 Å². The summed E-state index contributed by atoms with van der Waals surface area (Å²) >= 11 is 0. The molecule has 1 atom stereocenters. The van der Waals surface area contributed by atoms with Crippen molar-refractivity contribution < 1.29 is 13.9 Å². The van der Waals surface area contributed by atoms with E-state index in [1.807, 2.05) is 38.2 Å². The van der Waals surface area contributed by atoms with Crippen molar-refractivity contribution in [3.63, 3.8) is 0 Å². The third-order valence-corrected chi connectivity index (χ3v) is 5.04. The fraction of sp³-hybridized carbons (Fsp3) is 0.867. The molecule has 2 N–H and O–H groups in total. The minimum atomic E-state index is -1.60. The summed E-state index contributed by atoms with van der Waals surface area (Å²) in [7, 11) is 0.376. The molecule has 1 fully saturated rings. The molecule has 0 aliphatic carbocycles. The fourth-order valence-electron chi connectivity index (χ4n) is 2.46. The van der Waals surface area contributed by atoms with Crippen molar-refractivity contribution in [2.75, 3.05) is 33.4 Å². The second-order valence-electron chi connectivity index (χ2n) is 7.93. The molecule has 0 aromatic rings. The molecular formula is C15H31N3O3Si. The highest BCUT2D eigenvalue weighted by Crippen LogP contribution is 2.33. The number of ether oxygens (including phenoxy) is 2. The van der Waals surface area contributed by atoms with Gasteiger partial charge in [0.15, 0.2) is 20.4 Å². The molecule has 7 heteroatoms. The van der Waals surface area contributed by atoms with Gasteiger partial charge in [-0.15, -0.1) is 0 Å². The van der Waals surface area contributed by atoms with Crippen molar-refractivity contribution in [2.45, 2.75) is 45.6 Å². The van der Waals surface area contributed by atoms with E-state index in [-0.39, 0.29) is 11.7 Å². The molecule has 128 valence electrons. The SMILES string of the molecule is CN1C=CN(CC2(CO[Si](C)(C)C)COC(C)(C)OC2)C1N. The third kappa shape index (κ3) is 4.45. The normalized spacial score (nSPS) is 27.5. The maximum Gasteiger partial charge on any atom is 0.183 e. The second kappa shape index (κ2) is 6.12. The smallest absolute Gasteiger partial charge is 0.183 e. The molecule has 0 spiro atoms. The zero-order chi connectivity index (χ0) is 16.6. The molecule has 6 nitrogen and oxygen atoms in total. The fourth-order valence-corrected chi connectivity index (χ4v) is 3.20. The first kappa shape index (κ1) is 17.7. The summed E-state index contributed by atoms with van der Waals surface area (Å²) in [5.41, 5.74) is 6.02. The Morgan fingerprint density at radius 2 is 1.82 bits per heavy atom. The van der Waals surface area contributed by atoms with Crippen LogP contribution in [0.15, 0.2) is 12.4 Å². The maximum absolute atomic E-state index is 6.21. The zero-order valence-corrected chi connectivity index (χ0v) is 15.8. The van der Waals surface area contributed by atoms with Crippen LogP contribution < -0.4 is 5.73 Å². The van der Waals surface area contributed by atoms with Crippen LogP contribution in [-0.2, 0) is 13.9 Å². The Balaban J connectivity index is 2.07.